The molecule has 0 amide bonds. The summed E-state index contributed by atoms with van der Waals surface area (Å²) >= 11 is 0. The number of aryl methyl sites for hydroxylation is 1. The Labute approximate surface area is 164 Å². The van der Waals surface area contributed by atoms with Crippen LogP contribution in [0.2, 0.25) is 0 Å². The second kappa shape index (κ2) is 8.67. The lowest BCUT2D eigenvalue weighted by Crippen LogP contribution is -2.20. The number of aromatic nitrogens is 1. The van der Waals surface area contributed by atoms with Gasteiger partial charge in [-0.15, -0.1) is 0 Å². The highest BCUT2D eigenvalue weighted by atomic mass is 16.5. The van der Waals surface area contributed by atoms with Crippen molar-refractivity contribution in [3.05, 3.63) is 94.8 Å². The summed E-state index contributed by atoms with van der Waals surface area (Å²) in [4.78, 5) is 24.6. The van der Waals surface area contributed by atoms with Gasteiger partial charge in [0, 0.05) is 23.5 Å². The topological polar surface area (TPSA) is 68.5 Å². The number of Topliss-reactive ketones (excluding diaryl/α,β-unsaturated/α-hetero) is 1. The van der Waals surface area contributed by atoms with Gasteiger partial charge < -0.3 is 14.4 Å². The van der Waals surface area contributed by atoms with E-state index in [0.29, 0.717) is 17.7 Å². The predicted molar refractivity (Wildman–Crippen MR) is 106 cm³/mol. The molecular weight excluding hydrogens is 354 g/mol. The Hall–Kier alpha value is -3.18. The van der Waals surface area contributed by atoms with Gasteiger partial charge in [-0.1, -0.05) is 60.7 Å². The summed E-state index contributed by atoms with van der Waals surface area (Å²) in [7, 11) is 0. The van der Waals surface area contributed by atoms with Crippen molar-refractivity contribution in [3.8, 4) is 0 Å². The quantitative estimate of drug-likeness (QED) is 0.504. The molecule has 0 bridgehead atoms. The number of carbonyl (C=O) groups excluding carboxylic acids is 2. The van der Waals surface area contributed by atoms with Gasteiger partial charge in [0.2, 0.25) is 5.78 Å². The largest absolute Gasteiger partial charge is 0.455 e. The third-order valence-corrected chi connectivity index (χ3v) is 4.74. The third-order valence-electron chi connectivity index (χ3n) is 4.74. The summed E-state index contributed by atoms with van der Waals surface area (Å²) in [6.07, 6.45) is -1.40. The standard InChI is InChI=1S/C23H23NO4/c1-16-13-20(17(2)24(16)14-18-9-5-3-6-10-18)21(25)15-28-23(27)22(26)19-11-7-4-8-12-19/h3-13,22,26H,14-15H2,1-2H3/t22-/m0/s1. The molecule has 0 spiro atoms. The zero-order chi connectivity index (χ0) is 20.1. The average molecular weight is 377 g/mol. The van der Waals surface area contributed by atoms with Crippen LogP contribution >= 0.6 is 0 Å². The second-order valence-corrected chi connectivity index (χ2v) is 6.70. The van der Waals surface area contributed by atoms with Crippen LogP contribution in [0, 0.1) is 13.8 Å². The molecule has 0 unspecified atom stereocenters. The van der Waals surface area contributed by atoms with Gasteiger partial charge in [-0.3, -0.25) is 4.79 Å². The number of ketones is 1. The van der Waals surface area contributed by atoms with E-state index in [1.54, 1.807) is 30.3 Å². The molecule has 1 heterocycles. The zero-order valence-electron chi connectivity index (χ0n) is 16.0. The van der Waals surface area contributed by atoms with Crippen molar-refractivity contribution in [2.24, 2.45) is 0 Å². The second-order valence-electron chi connectivity index (χ2n) is 6.70. The van der Waals surface area contributed by atoms with Crippen molar-refractivity contribution in [3.63, 3.8) is 0 Å². The first kappa shape index (κ1) is 19.6. The molecule has 0 radical (unpaired) electrons. The molecule has 0 aliphatic rings. The number of rotatable bonds is 7. The fourth-order valence-electron chi connectivity index (χ4n) is 3.16. The summed E-state index contributed by atoms with van der Waals surface area (Å²) in [6.45, 7) is 4.08. The number of ether oxygens (including phenoxy) is 1. The van der Waals surface area contributed by atoms with E-state index in [0.717, 1.165) is 17.0 Å². The number of hydrogen-bond donors (Lipinski definition) is 1. The Balaban J connectivity index is 1.66. The molecule has 3 aromatic rings. The van der Waals surface area contributed by atoms with Gasteiger partial charge in [-0.2, -0.15) is 0 Å². The molecule has 0 aliphatic heterocycles. The first-order valence-corrected chi connectivity index (χ1v) is 9.11. The maximum Gasteiger partial charge on any atom is 0.340 e. The van der Waals surface area contributed by atoms with Crippen LogP contribution in [0.3, 0.4) is 0 Å². The molecule has 144 valence electrons. The Morgan fingerprint density at radius 2 is 1.61 bits per heavy atom. The van der Waals surface area contributed by atoms with E-state index in [4.69, 9.17) is 4.74 Å². The maximum absolute atomic E-state index is 12.6. The molecule has 5 heteroatoms. The molecule has 0 saturated carbocycles. The fourth-order valence-corrected chi connectivity index (χ4v) is 3.16. The number of aliphatic hydroxyl groups excluding tert-OH is 1. The van der Waals surface area contributed by atoms with E-state index in [9.17, 15) is 14.7 Å². The molecule has 1 aromatic heterocycles. The highest BCUT2D eigenvalue weighted by Gasteiger charge is 2.22. The molecule has 2 aromatic carbocycles. The Kier molecular flexibility index (Phi) is 6.06. The van der Waals surface area contributed by atoms with E-state index in [2.05, 4.69) is 4.57 Å². The van der Waals surface area contributed by atoms with E-state index < -0.39 is 18.7 Å². The van der Waals surface area contributed by atoms with Crippen LogP contribution in [0.15, 0.2) is 66.7 Å². The molecule has 5 nitrogen and oxygen atoms in total. The van der Waals surface area contributed by atoms with Crippen molar-refractivity contribution >= 4 is 11.8 Å². The van der Waals surface area contributed by atoms with Crippen molar-refractivity contribution in [1.29, 1.82) is 0 Å². The predicted octanol–water partition coefficient (Wildman–Crippen LogP) is 3.61. The van der Waals surface area contributed by atoms with Crippen LogP contribution in [0.5, 0.6) is 0 Å². The fraction of sp³-hybridized carbons (Fsp3) is 0.217. The van der Waals surface area contributed by atoms with Crippen molar-refractivity contribution in [2.45, 2.75) is 26.5 Å². The number of benzene rings is 2. The van der Waals surface area contributed by atoms with Gasteiger partial charge in [-0.25, -0.2) is 4.79 Å². The van der Waals surface area contributed by atoms with E-state index in [-0.39, 0.29) is 5.78 Å². The Bertz CT molecular complexity index is 961. The smallest absolute Gasteiger partial charge is 0.340 e. The van der Waals surface area contributed by atoms with Crippen LogP contribution in [0.4, 0.5) is 0 Å². The molecule has 0 fully saturated rings. The lowest BCUT2D eigenvalue weighted by atomic mass is 10.1. The van der Waals surface area contributed by atoms with Gasteiger partial charge in [-0.05, 0) is 31.0 Å². The summed E-state index contributed by atoms with van der Waals surface area (Å²) in [6, 6.07) is 20.3. The Morgan fingerprint density at radius 1 is 1.00 bits per heavy atom. The zero-order valence-corrected chi connectivity index (χ0v) is 16.0. The normalized spacial score (nSPS) is 11.8. The van der Waals surface area contributed by atoms with E-state index in [1.807, 2.05) is 50.2 Å². The number of aliphatic hydroxyl groups is 1. The van der Waals surface area contributed by atoms with Crippen LogP contribution in [0.25, 0.3) is 0 Å². The first-order chi connectivity index (χ1) is 13.5. The van der Waals surface area contributed by atoms with Crippen LogP contribution in [-0.2, 0) is 16.1 Å². The Morgan fingerprint density at radius 3 is 2.25 bits per heavy atom. The monoisotopic (exact) mass is 377 g/mol. The molecule has 1 N–H and O–H groups in total. The van der Waals surface area contributed by atoms with Gasteiger partial charge >= 0.3 is 5.97 Å². The minimum absolute atomic E-state index is 0.291. The SMILES string of the molecule is Cc1cc(C(=O)COC(=O)[C@@H](O)c2ccccc2)c(C)n1Cc1ccccc1. The lowest BCUT2D eigenvalue weighted by Gasteiger charge is -2.11. The number of nitrogens with zero attached hydrogens (tertiary/aromatic N) is 1. The van der Waals surface area contributed by atoms with Crippen LogP contribution in [-0.4, -0.2) is 28.0 Å². The highest BCUT2D eigenvalue weighted by Crippen LogP contribution is 2.19. The molecular formula is C23H23NO4. The van der Waals surface area contributed by atoms with Crippen molar-refractivity contribution < 1.29 is 19.4 Å². The first-order valence-electron chi connectivity index (χ1n) is 9.11. The van der Waals surface area contributed by atoms with Crippen LogP contribution in [0.1, 0.15) is 39.0 Å². The van der Waals surface area contributed by atoms with Gasteiger partial charge in [0.15, 0.2) is 12.7 Å². The number of esters is 1. The molecule has 0 saturated heterocycles. The number of carbonyl (C=O) groups is 2. The molecule has 3 rings (SSSR count). The van der Waals surface area contributed by atoms with Gasteiger partial charge in [0.1, 0.15) is 0 Å². The van der Waals surface area contributed by atoms with Crippen LogP contribution < -0.4 is 0 Å². The highest BCUT2D eigenvalue weighted by molar-refractivity contribution is 5.99. The van der Waals surface area contributed by atoms with E-state index >= 15 is 0 Å². The summed E-state index contributed by atoms with van der Waals surface area (Å²) in [5, 5.41) is 10.0. The summed E-state index contributed by atoms with van der Waals surface area (Å²) < 4.78 is 7.11. The van der Waals surface area contributed by atoms with E-state index in [1.165, 1.54) is 0 Å². The van der Waals surface area contributed by atoms with Gasteiger partial charge in [0.05, 0.1) is 0 Å². The van der Waals surface area contributed by atoms with Crippen molar-refractivity contribution in [2.75, 3.05) is 6.61 Å². The molecule has 0 aliphatic carbocycles. The van der Waals surface area contributed by atoms with Crippen molar-refractivity contribution in [1.82, 2.24) is 4.57 Å². The molecule has 28 heavy (non-hydrogen) atoms. The summed E-state index contributed by atoms with van der Waals surface area (Å²) in [5.74, 6) is -1.13. The third kappa shape index (κ3) is 4.38. The van der Waals surface area contributed by atoms with Gasteiger partial charge in [0.25, 0.3) is 0 Å². The summed E-state index contributed by atoms with van der Waals surface area (Å²) in [5.41, 5.74) is 3.88. The lowest BCUT2D eigenvalue weighted by molar-refractivity contribution is -0.152. The minimum atomic E-state index is -1.40. The molecule has 1 atom stereocenters. The number of hydrogen-bond acceptors (Lipinski definition) is 4. The average Bonchev–Trinajstić information content (AvgIpc) is 3.01. The minimum Gasteiger partial charge on any atom is -0.455 e. The maximum atomic E-state index is 12.6.